The van der Waals surface area contributed by atoms with Crippen LogP contribution in [0.5, 0.6) is 5.75 Å². The van der Waals surface area contributed by atoms with Crippen molar-refractivity contribution in [2.24, 2.45) is 0 Å². The highest BCUT2D eigenvalue weighted by Crippen LogP contribution is 2.20. The van der Waals surface area contributed by atoms with Gasteiger partial charge in [0.15, 0.2) is 0 Å². The lowest BCUT2D eigenvalue weighted by atomic mass is 10.1. The summed E-state index contributed by atoms with van der Waals surface area (Å²) in [6, 6.07) is 13.9. The molecule has 144 valence electrons. The molecule has 0 fully saturated rings. The summed E-state index contributed by atoms with van der Waals surface area (Å²) in [6.45, 7) is 0.437. The highest BCUT2D eigenvalue weighted by atomic mass is 16.5. The molecular formula is C21H19NO6. The van der Waals surface area contributed by atoms with Gasteiger partial charge in [-0.05, 0) is 35.7 Å². The maximum Gasteiger partial charge on any atom is 0.338 e. The maximum atomic E-state index is 12.3. The molecule has 0 bridgehead atoms. The fraction of sp³-hybridized carbons (Fsp3) is 0.190. The molecule has 7 nitrogen and oxygen atoms in total. The molecular weight excluding hydrogens is 362 g/mol. The topological polar surface area (TPSA) is 83.8 Å². The van der Waals surface area contributed by atoms with Crippen LogP contribution in [-0.2, 0) is 20.8 Å². The van der Waals surface area contributed by atoms with Gasteiger partial charge < -0.3 is 18.8 Å². The van der Waals surface area contributed by atoms with Crippen LogP contribution in [0.4, 0.5) is 0 Å². The van der Waals surface area contributed by atoms with Crippen molar-refractivity contribution in [3.8, 4) is 5.75 Å². The number of para-hydroxylation sites is 1. The molecule has 1 aromatic heterocycles. The molecule has 0 spiro atoms. The lowest BCUT2D eigenvalue weighted by Gasteiger charge is -2.09. The smallest absolute Gasteiger partial charge is 0.338 e. The summed E-state index contributed by atoms with van der Waals surface area (Å²) in [5, 5.41) is 1.09. The van der Waals surface area contributed by atoms with Gasteiger partial charge >= 0.3 is 17.9 Å². The Balaban J connectivity index is 1.73. The minimum absolute atomic E-state index is 0.0747. The number of aromatic nitrogens is 1. The Morgan fingerprint density at radius 2 is 1.54 bits per heavy atom. The van der Waals surface area contributed by atoms with Crippen molar-refractivity contribution in [3.05, 3.63) is 65.9 Å². The first-order valence-corrected chi connectivity index (χ1v) is 8.58. The fourth-order valence-electron chi connectivity index (χ4n) is 2.86. The molecule has 1 heterocycles. The largest absolute Gasteiger partial charge is 0.465 e. The molecule has 0 atom stereocenters. The molecule has 0 unspecified atom stereocenters. The van der Waals surface area contributed by atoms with Crippen LogP contribution >= 0.6 is 0 Å². The van der Waals surface area contributed by atoms with Crippen molar-refractivity contribution in [1.29, 1.82) is 0 Å². The van der Waals surface area contributed by atoms with Gasteiger partial charge in [-0.1, -0.05) is 18.2 Å². The Morgan fingerprint density at radius 1 is 0.893 bits per heavy atom. The lowest BCUT2D eigenvalue weighted by molar-refractivity contribution is -0.134. The summed E-state index contributed by atoms with van der Waals surface area (Å²) in [7, 11) is 2.44. The van der Waals surface area contributed by atoms with E-state index in [2.05, 4.69) is 9.47 Å². The number of carbonyl (C=O) groups excluding carboxylic acids is 3. The zero-order valence-electron chi connectivity index (χ0n) is 15.5. The van der Waals surface area contributed by atoms with Crippen molar-refractivity contribution in [1.82, 2.24) is 4.57 Å². The Hall–Kier alpha value is -3.61. The van der Waals surface area contributed by atoms with Crippen LogP contribution in [0, 0.1) is 0 Å². The van der Waals surface area contributed by atoms with Gasteiger partial charge in [0.2, 0.25) is 0 Å². The van der Waals surface area contributed by atoms with Gasteiger partial charge in [-0.2, -0.15) is 0 Å². The Labute approximate surface area is 161 Å². The van der Waals surface area contributed by atoms with Crippen LogP contribution < -0.4 is 4.74 Å². The van der Waals surface area contributed by atoms with Crippen LogP contribution in [0.1, 0.15) is 27.1 Å². The summed E-state index contributed by atoms with van der Waals surface area (Å²) >= 11 is 0. The van der Waals surface area contributed by atoms with Crippen LogP contribution in [0.3, 0.4) is 0 Å². The summed E-state index contributed by atoms with van der Waals surface area (Å²) in [5.74, 6) is -1.72. The molecule has 0 aliphatic heterocycles. The van der Waals surface area contributed by atoms with E-state index in [0.29, 0.717) is 6.54 Å². The average molecular weight is 381 g/mol. The molecule has 0 amide bonds. The standard InChI is InChI=1S/C21H19NO6/c1-26-20(24)15-11-16(21(25)27-2)13-17(12-15)28-19(23)8-10-22-9-7-14-5-3-4-6-18(14)22/h3-7,9,11-13H,8,10H2,1-2H3. The van der Waals surface area contributed by atoms with E-state index >= 15 is 0 Å². The van der Waals surface area contributed by atoms with Gasteiger partial charge in [-0.15, -0.1) is 0 Å². The average Bonchev–Trinajstić information content (AvgIpc) is 3.14. The predicted molar refractivity (Wildman–Crippen MR) is 101 cm³/mol. The quantitative estimate of drug-likeness (QED) is 0.482. The normalized spacial score (nSPS) is 10.5. The van der Waals surface area contributed by atoms with E-state index in [1.807, 2.05) is 41.1 Å². The number of nitrogens with zero attached hydrogens (tertiary/aromatic N) is 1. The molecule has 0 radical (unpaired) electrons. The number of hydrogen-bond donors (Lipinski definition) is 0. The fourth-order valence-corrected chi connectivity index (χ4v) is 2.86. The first-order chi connectivity index (χ1) is 13.5. The number of methoxy groups -OCH3 is 2. The van der Waals surface area contributed by atoms with Gasteiger partial charge in [0.25, 0.3) is 0 Å². The number of rotatable bonds is 6. The number of esters is 3. The molecule has 7 heteroatoms. The number of carbonyl (C=O) groups is 3. The van der Waals surface area contributed by atoms with E-state index in [0.717, 1.165) is 10.9 Å². The molecule has 0 saturated carbocycles. The van der Waals surface area contributed by atoms with Crippen molar-refractivity contribution in [2.75, 3.05) is 14.2 Å². The van der Waals surface area contributed by atoms with E-state index in [1.54, 1.807) is 0 Å². The summed E-state index contributed by atoms with van der Waals surface area (Å²) in [4.78, 5) is 35.9. The zero-order valence-corrected chi connectivity index (χ0v) is 15.5. The second kappa shape index (κ2) is 8.39. The predicted octanol–water partition coefficient (Wildman–Crippen LogP) is 3.21. The number of ether oxygens (including phenoxy) is 3. The maximum absolute atomic E-state index is 12.3. The number of fused-ring (bicyclic) bond motifs is 1. The monoisotopic (exact) mass is 381 g/mol. The second-order valence-corrected chi connectivity index (χ2v) is 6.02. The van der Waals surface area contributed by atoms with E-state index in [9.17, 15) is 14.4 Å². The minimum Gasteiger partial charge on any atom is -0.465 e. The number of hydrogen-bond acceptors (Lipinski definition) is 6. The van der Waals surface area contributed by atoms with E-state index in [-0.39, 0.29) is 23.3 Å². The zero-order chi connectivity index (χ0) is 20.1. The Morgan fingerprint density at radius 3 is 2.18 bits per heavy atom. The number of benzene rings is 2. The SMILES string of the molecule is COC(=O)c1cc(OC(=O)CCn2ccc3ccccc32)cc(C(=O)OC)c1. The van der Waals surface area contributed by atoms with Gasteiger partial charge in [0, 0.05) is 18.3 Å². The van der Waals surface area contributed by atoms with Crippen molar-refractivity contribution in [3.63, 3.8) is 0 Å². The second-order valence-electron chi connectivity index (χ2n) is 6.02. The van der Waals surface area contributed by atoms with Crippen LogP contribution in [0.25, 0.3) is 10.9 Å². The van der Waals surface area contributed by atoms with Crippen molar-refractivity contribution < 1.29 is 28.6 Å². The first kappa shape index (κ1) is 19.2. The Kier molecular flexibility index (Phi) is 5.74. The molecule has 0 N–H and O–H groups in total. The van der Waals surface area contributed by atoms with Gasteiger partial charge in [0.1, 0.15) is 5.75 Å². The summed E-state index contributed by atoms with van der Waals surface area (Å²) in [6.07, 6.45) is 2.03. The third kappa shape index (κ3) is 4.20. The van der Waals surface area contributed by atoms with Gasteiger partial charge in [0.05, 0.1) is 31.8 Å². The summed E-state index contributed by atoms with van der Waals surface area (Å²) in [5.41, 5.74) is 1.20. The molecule has 0 aliphatic rings. The van der Waals surface area contributed by atoms with Gasteiger partial charge in [-0.3, -0.25) is 4.79 Å². The van der Waals surface area contributed by atoms with Crippen molar-refractivity contribution >= 4 is 28.8 Å². The van der Waals surface area contributed by atoms with E-state index in [4.69, 9.17) is 4.74 Å². The van der Waals surface area contributed by atoms with Gasteiger partial charge in [-0.25, -0.2) is 9.59 Å². The van der Waals surface area contributed by atoms with Crippen LogP contribution in [0.15, 0.2) is 54.7 Å². The lowest BCUT2D eigenvalue weighted by Crippen LogP contribution is -2.13. The third-order valence-corrected chi connectivity index (χ3v) is 4.22. The molecule has 3 rings (SSSR count). The molecule has 0 aliphatic carbocycles. The third-order valence-electron chi connectivity index (χ3n) is 4.22. The molecule has 0 saturated heterocycles. The summed E-state index contributed by atoms with van der Waals surface area (Å²) < 4.78 is 16.6. The Bertz CT molecular complexity index is 1000. The van der Waals surface area contributed by atoms with Crippen LogP contribution in [-0.4, -0.2) is 36.7 Å². The van der Waals surface area contributed by atoms with Crippen LogP contribution in [0.2, 0.25) is 0 Å². The first-order valence-electron chi connectivity index (χ1n) is 8.58. The van der Waals surface area contributed by atoms with E-state index < -0.39 is 17.9 Å². The highest BCUT2D eigenvalue weighted by molar-refractivity contribution is 5.96. The highest BCUT2D eigenvalue weighted by Gasteiger charge is 2.16. The molecule has 2 aromatic carbocycles. The number of aryl methyl sites for hydroxylation is 1. The minimum atomic E-state index is -0.651. The molecule has 28 heavy (non-hydrogen) atoms. The van der Waals surface area contributed by atoms with Crippen molar-refractivity contribution in [2.45, 2.75) is 13.0 Å². The van der Waals surface area contributed by atoms with E-state index in [1.165, 1.54) is 32.4 Å². The molecule has 3 aromatic rings.